The van der Waals surface area contributed by atoms with Crippen molar-refractivity contribution in [2.24, 2.45) is 0 Å². The van der Waals surface area contributed by atoms with Crippen LogP contribution in [0.25, 0.3) is 0 Å². The summed E-state index contributed by atoms with van der Waals surface area (Å²) in [5.41, 5.74) is 2.62. The van der Waals surface area contributed by atoms with Crippen molar-refractivity contribution in [3.63, 3.8) is 0 Å². The number of anilines is 1. The summed E-state index contributed by atoms with van der Waals surface area (Å²) < 4.78 is 27.7. The van der Waals surface area contributed by atoms with Gasteiger partial charge in [0, 0.05) is 28.5 Å². The van der Waals surface area contributed by atoms with Gasteiger partial charge in [-0.15, -0.1) is 0 Å². The summed E-state index contributed by atoms with van der Waals surface area (Å²) in [7, 11) is -3.87. The van der Waals surface area contributed by atoms with Gasteiger partial charge in [-0.25, -0.2) is 8.42 Å². The summed E-state index contributed by atoms with van der Waals surface area (Å²) >= 11 is 9.66. The van der Waals surface area contributed by atoms with E-state index in [9.17, 15) is 18.0 Å². The zero-order valence-electron chi connectivity index (χ0n) is 22.4. The Kier molecular flexibility index (Phi) is 10.6. The van der Waals surface area contributed by atoms with E-state index in [1.54, 1.807) is 19.1 Å². The van der Waals surface area contributed by atoms with Gasteiger partial charge >= 0.3 is 0 Å². The van der Waals surface area contributed by atoms with Crippen LogP contribution in [-0.4, -0.2) is 50.0 Å². The monoisotopic (exact) mass is 633 g/mol. The average Bonchev–Trinajstić information content (AvgIpc) is 2.85. The number of carbonyl (C=O) groups excluding carboxylic acids is 2. The van der Waals surface area contributed by atoms with Crippen LogP contribution in [0.4, 0.5) is 5.69 Å². The molecule has 2 amide bonds. The van der Waals surface area contributed by atoms with Gasteiger partial charge in [-0.3, -0.25) is 13.9 Å². The smallest absolute Gasteiger partial charge is 0.244 e. The molecule has 0 aliphatic heterocycles. The van der Waals surface area contributed by atoms with Crippen LogP contribution in [0.3, 0.4) is 0 Å². The highest BCUT2D eigenvalue weighted by molar-refractivity contribution is 9.10. The molecule has 0 saturated heterocycles. The van der Waals surface area contributed by atoms with Crippen molar-refractivity contribution in [2.45, 2.75) is 45.8 Å². The summed E-state index contributed by atoms with van der Waals surface area (Å²) in [6.07, 6.45) is 1.31. The number of hydrogen-bond donors (Lipinski definition) is 1. The molecule has 7 nitrogen and oxygen atoms in total. The molecule has 0 aromatic heterocycles. The van der Waals surface area contributed by atoms with Crippen LogP contribution in [0, 0.1) is 6.92 Å². The topological polar surface area (TPSA) is 86.8 Å². The average molecular weight is 635 g/mol. The van der Waals surface area contributed by atoms with E-state index in [0.29, 0.717) is 16.3 Å². The zero-order valence-corrected chi connectivity index (χ0v) is 25.6. The van der Waals surface area contributed by atoms with Gasteiger partial charge < -0.3 is 10.2 Å². The highest BCUT2D eigenvalue weighted by Crippen LogP contribution is 2.27. The molecule has 3 aromatic carbocycles. The SMILES string of the molecule is Cc1ccc(Cl)cc1N(CC(=O)N(Cc1cccc(Br)c1)C(Cc1ccccc1)C(=O)NC(C)C)S(C)(=O)=O. The Morgan fingerprint density at radius 2 is 1.64 bits per heavy atom. The Morgan fingerprint density at radius 1 is 0.974 bits per heavy atom. The van der Waals surface area contributed by atoms with Gasteiger partial charge in [-0.2, -0.15) is 0 Å². The molecule has 0 radical (unpaired) electrons. The fourth-order valence-electron chi connectivity index (χ4n) is 4.21. The Balaban J connectivity index is 2.08. The number of nitrogens with zero attached hydrogens (tertiary/aromatic N) is 2. The van der Waals surface area contributed by atoms with Gasteiger partial charge in [0.05, 0.1) is 11.9 Å². The molecule has 3 aromatic rings. The second-order valence-corrected chi connectivity index (χ2v) is 13.0. The maximum absolute atomic E-state index is 14.1. The quantitative estimate of drug-likeness (QED) is 0.309. The molecule has 0 saturated carbocycles. The van der Waals surface area contributed by atoms with Gasteiger partial charge in [0.2, 0.25) is 21.8 Å². The number of aryl methyl sites for hydroxylation is 1. The lowest BCUT2D eigenvalue weighted by Crippen LogP contribution is -2.54. The highest BCUT2D eigenvalue weighted by Gasteiger charge is 2.33. The lowest BCUT2D eigenvalue weighted by molar-refractivity contribution is -0.140. The maximum atomic E-state index is 14.1. The van der Waals surface area contributed by atoms with E-state index < -0.39 is 28.5 Å². The van der Waals surface area contributed by atoms with Crippen molar-refractivity contribution in [1.29, 1.82) is 0 Å². The van der Waals surface area contributed by atoms with Crippen LogP contribution in [0.5, 0.6) is 0 Å². The van der Waals surface area contributed by atoms with Crippen LogP contribution in [0.1, 0.15) is 30.5 Å². The Hall–Kier alpha value is -2.88. The summed E-state index contributed by atoms with van der Waals surface area (Å²) in [5.74, 6) is -0.832. The molecule has 0 aliphatic rings. The number of amides is 2. The van der Waals surface area contributed by atoms with Crippen molar-refractivity contribution < 1.29 is 18.0 Å². The van der Waals surface area contributed by atoms with Crippen molar-refractivity contribution >= 4 is 55.1 Å². The van der Waals surface area contributed by atoms with Crippen molar-refractivity contribution in [2.75, 3.05) is 17.1 Å². The van der Waals surface area contributed by atoms with Crippen LogP contribution in [-0.2, 0) is 32.6 Å². The number of hydrogen-bond acceptors (Lipinski definition) is 4. The zero-order chi connectivity index (χ0) is 28.7. The van der Waals surface area contributed by atoms with E-state index in [2.05, 4.69) is 21.2 Å². The molecule has 0 fully saturated rings. The number of sulfonamides is 1. The first-order chi connectivity index (χ1) is 18.3. The van der Waals surface area contributed by atoms with E-state index in [-0.39, 0.29) is 24.9 Å². The van der Waals surface area contributed by atoms with E-state index in [0.717, 1.165) is 26.2 Å². The van der Waals surface area contributed by atoms with Crippen molar-refractivity contribution in [1.82, 2.24) is 10.2 Å². The lowest BCUT2D eigenvalue weighted by Gasteiger charge is -2.34. The molecule has 1 N–H and O–H groups in total. The van der Waals surface area contributed by atoms with E-state index in [4.69, 9.17) is 11.6 Å². The fraction of sp³-hybridized carbons (Fsp3) is 0.310. The number of halogens is 2. The first kappa shape index (κ1) is 30.7. The predicted octanol–water partition coefficient (Wildman–Crippen LogP) is 5.34. The van der Waals surface area contributed by atoms with Crippen LogP contribution < -0.4 is 9.62 Å². The molecule has 39 heavy (non-hydrogen) atoms. The number of nitrogens with one attached hydrogen (secondary N) is 1. The van der Waals surface area contributed by atoms with E-state index >= 15 is 0 Å². The third-order valence-electron chi connectivity index (χ3n) is 6.06. The van der Waals surface area contributed by atoms with Gasteiger partial charge in [-0.1, -0.05) is 76.1 Å². The summed E-state index contributed by atoms with van der Waals surface area (Å²) in [4.78, 5) is 29.1. The van der Waals surface area contributed by atoms with Gasteiger partial charge in [-0.05, 0) is 61.7 Å². The van der Waals surface area contributed by atoms with Crippen LogP contribution in [0.2, 0.25) is 5.02 Å². The number of benzene rings is 3. The Labute approximate surface area is 244 Å². The molecular weight excluding hydrogens is 602 g/mol. The molecule has 1 atom stereocenters. The summed E-state index contributed by atoms with van der Waals surface area (Å²) in [5, 5.41) is 3.28. The third-order valence-corrected chi connectivity index (χ3v) is 7.92. The van der Waals surface area contributed by atoms with E-state index in [1.807, 2.05) is 68.4 Å². The van der Waals surface area contributed by atoms with Crippen LogP contribution >= 0.6 is 27.5 Å². The molecule has 0 bridgehead atoms. The molecule has 3 rings (SSSR count). The molecular formula is C29H33BrClN3O4S. The number of carbonyl (C=O) groups is 2. The highest BCUT2D eigenvalue weighted by atomic mass is 79.9. The van der Waals surface area contributed by atoms with Gasteiger partial charge in [0.1, 0.15) is 12.6 Å². The van der Waals surface area contributed by atoms with Crippen molar-refractivity contribution in [3.8, 4) is 0 Å². The minimum Gasteiger partial charge on any atom is -0.352 e. The molecule has 1 unspecified atom stereocenters. The minimum absolute atomic E-state index is 0.105. The summed E-state index contributed by atoms with van der Waals surface area (Å²) in [6.45, 7) is 5.07. The predicted molar refractivity (Wildman–Crippen MR) is 160 cm³/mol. The van der Waals surface area contributed by atoms with E-state index in [1.165, 1.54) is 11.0 Å². The van der Waals surface area contributed by atoms with Gasteiger partial charge in [0.25, 0.3) is 0 Å². The first-order valence-electron chi connectivity index (χ1n) is 12.5. The Morgan fingerprint density at radius 3 is 2.26 bits per heavy atom. The maximum Gasteiger partial charge on any atom is 0.244 e. The minimum atomic E-state index is -3.87. The molecule has 10 heteroatoms. The molecule has 0 aliphatic carbocycles. The summed E-state index contributed by atoms with van der Waals surface area (Å²) in [6, 6.07) is 20.7. The van der Waals surface area contributed by atoms with Crippen molar-refractivity contribution in [3.05, 3.63) is 99.0 Å². The first-order valence-corrected chi connectivity index (χ1v) is 15.5. The number of rotatable bonds is 11. The molecule has 0 spiro atoms. The second kappa shape index (κ2) is 13.5. The van der Waals surface area contributed by atoms with Gasteiger partial charge in [0.15, 0.2) is 0 Å². The van der Waals surface area contributed by atoms with Crippen LogP contribution in [0.15, 0.2) is 77.3 Å². The fourth-order valence-corrected chi connectivity index (χ4v) is 5.72. The Bertz CT molecular complexity index is 1420. The molecule has 208 valence electrons. The third kappa shape index (κ3) is 8.81. The standard InChI is InChI=1S/C29H33BrClN3O4S/c1-20(2)32-29(36)27(16-22-9-6-5-7-10-22)33(18-23-11-8-12-24(30)15-23)28(35)19-34(39(4,37)38)26-17-25(31)14-13-21(26)3/h5-15,17,20,27H,16,18-19H2,1-4H3,(H,32,36). The largest absolute Gasteiger partial charge is 0.352 e. The molecule has 0 heterocycles. The normalized spacial score (nSPS) is 12.2. The second-order valence-electron chi connectivity index (χ2n) is 9.72. The lowest BCUT2D eigenvalue weighted by atomic mass is 10.0.